The predicted molar refractivity (Wildman–Crippen MR) is 80.7 cm³/mol. The zero-order valence-corrected chi connectivity index (χ0v) is 13.8. The monoisotopic (exact) mass is 338 g/mol. The van der Waals surface area contributed by atoms with Crippen molar-refractivity contribution < 1.29 is 29.0 Å². The van der Waals surface area contributed by atoms with Gasteiger partial charge in [-0.05, 0) is 26.2 Å². The first-order valence-corrected chi connectivity index (χ1v) is 8.39. The van der Waals surface area contributed by atoms with Crippen molar-refractivity contribution in [1.82, 2.24) is 9.80 Å². The molecule has 3 rings (SSSR count). The maximum absolute atomic E-state index is 12.7. The Hall–Kier alpha value is -1.96. The van der Waals surface area contributed by atoms with Crippen LogP contribution in [0.4, 0.5) is 0 Å². The fourth-order valence-electron chi connectivity index (χ4n) is 4.19. The third kappa shape index (κ3) is 2.49. The number of carbonyl (C=O) groups is 4. The van der Waals surface area contributed by atoms with E-state index in [2.05, 4.69) is 0 Å². The lowest BCUT2D eigenvalue weighted by molar-refractivity contribution is -0.154. The van der Waals surface area contributed by atoms with E-state index in [1.54, 1.807) is 0 Å². The van der Waals surface area contributed by atoms with Gasteiger partial charge < -0.3 is 14.7 Å². The van der Waals surface area contributed by atoms with Gasteiger partial charge >= 0.3 is 5.97 Å². The molecule has 5 unspecified atom stereocenters. The summed E-state index contributed by atoms with van der Waals surface area (Å²) in [5, 5.41) is 8.96. The zero-order valence-electron chi connectivity index (χ0n) is 13.8. The number of ether oxygens (including phenoxy) is 1. The summed E-state index contributed by atoms with van der Waals surface area (Å²) in [5.41, 5.74) is 0. The lowest BCUT2D eigenvalue weighted by Gasteiger charge is -2.29. The van der Waals surface area contributed by atoms with Gasteiger partial charge in [0, 0.05) is 6.54 Å². The van der Waals surface area contributed by atoms with Crippen LogP contribution in [-0.4, -0.2) is 69.9 Å². The van der Waals surface area contributed by atoms with Crippen LogP contribution in [0.25, 0.3) is 0 Å². The van der Waals surface area contributed by atoms with Crippen molar-refractivity contribution in [3.63, 3.8) is 0 Å². The summed E-state index contributed by atoms with van der Waals surface area (Å²) >= 11 is 0. The summed E-state index contributed by atoms with van der Waals surface area (Å²) in [6, 6.07) is -0.985. The molecule has 0 aromatic carbocycles. The van der Waals surface area contributed by atoms with E-state index >= 15 is 0 Å². The second-order valence-electron chi connectivity index (χ2n) is 6.72. The van der Waals surface area contributed by atoms with Crippen molar-refractivity contribution in [2.45, 2.75) is 51.4 Å². The number of likely N-dealkylation sites (tertiary alicyclic amines) is 1. The molecule has 0 saturated carbocycles. The second kappa shape index (κ2) is 6.16. The molecule has 3 heterocycles. The minimum absolute atomic E-state index is 0.227. The second-order valence-corrected chi connectivity index (χ2v) is 6.72. The van der Waals surface area contributed by atoms with E-state index < -0.39 is 36.3 Å². The smallest absolute Gasteiger partial charge is 0.323 e. The Morgan fingerprint density at radius 2 is 1.79 bits per heavy atom. The molecular weight excluding hydrogens is 316 g/mol. The maximum atomic E-state index is 12.7. The highest BCUT2D eigenvalue weighted by molar-refractivity contribution is 6.09. The molecule has 3 fully saturated rings. The number of imide groups is 1. The van der Waals surface area contributed by atoms with Crippen LogP contribution in [0.15, 0.2) is 0 Å². The highest BCUT2D eigenvalue weighted by Crippen LogP contribution is 2.48. The van der Waals surface area contributed by atoms with Gasteiger partial charge in [0.1, 0.15) is 12.6 Å². The van der Waals surface area contributed by atoms with Crippen LogP contribution in [-0.2, 0) is 23.9 Å². The fourth-order valence-corrected chi connectivity index (χ4v) is 4.19. The quantitative estimate of drug-likeness (QED) is 0.676. The lowest BCUT2D eigenvalue weighted by atomic mass is 9.81. The van der Waals surface area contributed by atoms with Crippen molar-refractivity contribution in [3.05, 3.63) is 0 Å². The first kappa shape index (κ1) is 16.9. The van der Waals surface area contributed by atoms with Crippen molar-refractivity contribution in [2.75, 3.05) is 13.1 Å². The summed E-state index contributed by atoms with van der Waals surface area (Å²) in [4.78, 5) is 51.2. The van der Waals surface area contributed by atoms with E-state index in [9.17, 15) is 19.2 Å². The maximum Gasteiger partial charge on any atom is 0.323 e. The molecule has 3 aliphatic rings. The Morgan fingerprint density at radius 3 is 2.25 bits per heavy atom. The van der Waals surface area contributed by atoms with Crippen molar-refractivity contribution in [2.24, 2.45) is 11.8 Å². The molecule has 8 nitrogen and oxygen atoms in total. The summed E-state index contributed by atoms with van der Waals surface area (Å²) < 4.78 is 5.67. The Kier molecular flexibility index (Phi) is 4.33. The minimum atomic E-state index is -1.12. The number of hydrogen-bond acceptors (Lipinski definition) is 5. The molecule has 0 radical (unpaired) electrons. The van der Waals surface area contributed by atoms with Crippen LogP contribution < -0.4 is 0 Å². The normalized spacial score (nSPS) is 32.2. The molecule has 3 aliphatic heterocycles. The van der Waals surface area contributed by atoms with E-state index in [-0.39, 0.29) is 30.6 Å². The van der Waals surface area contributed by atoms with Gasteiger partial charge in [-0.3, -0.25) is 24.1 Å². The number of fused-ring (bicyclic) bond motifs is 5. The number of amides is 3. The van der Waals surface area contributed by atoms with Gasteiger partial charge in [-0.1, -0.05) is 6.92 Å². The third-order valence-electron chi connectivity index (χ3n) is 5.19. The van der Waals surface area contributed by atoms with Gasteiger partial charge in [-0.25, -0.2) is 0 Å². The molecule has 0 aromatic heterocycles. The Morgan fingerprint density at radius 1 is 1.25 bits per heavy atom. The standard InChI is InChI=1S/C16H22N2O6/c1-3-6-17(7-11(19)20)14(21)8(2)18-15(22)12-9-4-5-10(24-9)13(12)16(18)23/h8-10,12-13H,3-7H2,1-2H3,(H,19,20). The molecule has 1 N–H and O–H groups in total. The van der Waals surface area contributed by atoms with Crippen LogP contribution in [0.5, 0.6) is 0 Å². The van der Waals surface area contributed by atoms with Gasteiger partial charge in [-0.2, -0.15) is 0 Å². The molecule has 132 valence electrons. The van der Waals surface area contributed by atoms with Gasteiger partial charge in [0.25, 0.3) is 0 Å². The van der Waals surface area contributed by atoms with Crippen LogP contribution >= 0.6 is 0 Å². The van der Waals surface area contributed by atoms with E-state index in [1.165, 1.54) is 11.8 Å². The number of aliphatic carboxylic acids is 1. The summed E-state index contributed by atoms with van der Waals surface area (Å²) in [6.07, 6.45) is 1.67. The number of carboxylic acids is 1. The predicted octanol–water partition coefficient (Wildman–Crippen LogP) is -0.139. The van der Waals surface area contributed by atoms with Gasteiger partial charge in [-0.15, -0.1) is 0 Å². The summed E-state index contributed by atoms with van der Waals surface area (Å²) in [5.74, 6) is -3.30. The average molecular weight is 338 g/mol. The van der Waals surface area contributed by atoms with E-state index in [0.29, 0.717) is 6.42 Å². The lowest BCUT2D eigenvalue weighted by Crippen LogP contribution is -2.51. The Balaban J connectivity index is 1.78. The van der Waals surface area contributed by atoms with Crippen LogP contribution in [0.1, 0.15) is 33.1 Å². The number of carbonyl (C=O) groups excluding carboxylic acids is 3. The minimum Gasteiger partial charge on any atom is -0.480 e. The number of nitrogens with zero attached hydrogens (tertiary/aromatic N) is 2. The summed E-state index contributed by atoms with van der Waals surface area (Å²) in [6.45, 7) is 3.16. The van der Waals surface area contributed by atoms with Crippen LogP contribution in [0.2, 0.25) is 0 Å². The topological polar surface area (TPSA) is 104 Å². The highest BCUT2D eigenvalue weighted by atomic mass is 16.5. The van der Waals surface area contributed by atoms with E-state index in [4.69, 9.17) is 9.84 Å². The largest absolute Gasteiger partial charge is 0.480 e. The molecule has 2 bridgehead atoms. The molecule has 8 heteroatoms. The third-order valence-corrected chi connectivity index (χ3v) is 5.19. The van der Waals surface area contributed by atoms with Crippen molar-refractivity contribution >= 4 is 23.7 Å². The molecule has 24 heavy (non-hydrogen) atoms. The molecule has 3 saturated heterocycles. The molecular formula is C16H22N2O6. The van der Waals surface area contributed by atoms with E-state index in [1.807, 2.05) is 6.92 Å². The van der Waals surface area contributed by atoms with Crippen molar-refractivity contribution in [1.29, 1.82) is 0 Å². The van der Waals surface area contributed by atoms with Crippen molar-refractivity contribution in [3.8, 4) is 0 Å². The van der Waals surface area contributed by atoms with Gasteiger partial charge in [0.2, 0.25) is 17.7 Å². The molecule has 5 atom stereocenters. The molecule has 0 aromatic rings. The Labute approximate surface area is 139 Å². The van der Waals surface area contributed by atoms with Gasteiger partial charge in [0.15, 0.2) is 0 Å². The highest BCUT2D eigenvalue weighted by Gasteiger charge is 2.63. The van der Waals surface area contributed by atoms with E-state index in [0.717, 1.165) is 17.7 Å². The Bertz CT molecular complexity index is 563. The van der Waals surface area contributed by atoms with Crippen LogP contribution in [0, 0.1) is 11.8 Å². The number of hydrogen-bond donors (Lipinski definition) is 1. The molecule has 0 aliphatic carbocycles. The van der Waals surface area contributed by atoms with Gasteiger partial charge in [0.05, 0.1) is 24.0 Å². The number of carboxylic acid groups (broad SMARTS) is 1. The zero-order chi connectivity index (χ0) is 17.6. The first-order chi connectivity index (χ1) is 11.4. The first-order valence-electron chi connectivity index (χ1n) is 8.39. The fraction of sp³-hybridized carbons (Fsp3) is 0.750. The molecule has 0 spiro atoms. The number of rotatable bonds is 6. The SMILES string of the molecule is CCCN(CC(=O)O)C(=O)C(C)N1C(=O)C2C3CCC(O3)C2C1=O. The van der Waals surface area contributed by atoms with Crippen LogP contribution in [0.3, 0.4) is 0 Å². The average Bonchev–Trinajstić information content (AvgIpc) is 3.19. The molecule has 3 amide bonds. The summed E-state index contributed by atoms with van der Waals surface area (Å²) in [7, 11) is 0.